The van der Waals surface area contributed by atoms with Gasteiger partial charge in [0.2, 0.25) is 10.0 Å². The van der Waals surface area contributed by atoms with E-state index in [4.69, 9.17) is 4.42 Å². The van der Waals surface area contributed by atoms with Gasteiger partial charge in [0.25, 0.3) is 11.5 Å². The number of carbonyl (C=O) groups is 1. The Kier molecular flexibility index (Phi) is 6.35. The van der Waals surface area contributed by atoms with Gasteiger partial charge in [-0.25, -0.2) is 12.8 Å². The first-order valence-electron chi connectivity index (χ1n) is 13.5. The molecule has 9 nitrogen and oxygen atoms in total. The van der Waals surface area contributed by atoms with E-state index in [0.29, 0.717) is 33.2 Å². The van der Waals surface area contributed by atoms with Gasteiger partial charge in [-0.05, 0) is 74.6 Å². The number of fused-ring (bicyclic) bond motifs is 5. The molecule has 6 rings (SSSR count). The van der Waals surface area contributed by atoms with Crippen LogP contribution < -0.4 is 15.2 Å². The summed E-state index contributed by atoms with van der Waals surface area (Å²) < 4.78 is 47.0. The zero-order valence-corrected chi connectivity index (χ0v) is 23.9. The SMILES string of the molecule is CCN(c1cc2oc3c4ccc(F)cc4[nH]c(=O)c3c2cc1-c1cccc(C(=O)NC(C)(C#N)C2CC2)c1)S(C)(=O)=O. The second-order valence-corrected chi connectivity index (χ2v) is 12.8. The van der Waals surface area contributed by atoms with Crippen molar-refractivity contribution in [2.24, 2.45) is 5.92 Å². The number of carbonyl (C=O) groups excluding carboxylic acids is 1. The Morgan fingerprint density at radius 2 is 1.95 bits per heavy atom. The van der Waals surface area contributed by atoms with Gasteiger partial charge < -0.3 is 14.7 Å². The monoisotopic (exact) mass is 586 g/mol. The summed E-state index contributed by atoms with van der Waals surface area (Å²) in [6.45, 7) is 3.52. The van der Waals surface area contributed by atoms with Crippen LogP contribution in [0.4, 0.5) is 10.1 Å². The van der Waals surface area contributed by atoms with Gasteiger partial charge in [0.1, 0.15) is 22.5 Å². The topological polar surface area (TPSA) is 136 Å². The second-order valence-electron chi connectivity index (χ2n) is 10.9. The minimum absolute atomic E-state index is 0.0940. The van der Waals surface area contributed by atoms with Crippen molar-refractivity contribution in [2.45, 2.75) is 32.2 Å². The van der Waals surface area contributed by atoms with Crippen LogP contribution in [0.2, 0.25) is 0 Å². The molecule has 0 spiro atoms. The van der Waals surface area contributed by atoms with Crippen molar-refractivity contribution in [2.75, 3.05) is 17.1 Å². The van der Waals surface area contributed by atoms with Crippen LogP contribution in [0.25, 0.3) is 44.0 Å². The molecule has 1 aliphatic carbocycles. The summed E-state index contributed by atoms with van der Waals surface area (Å²) in [7, 11) is -3.73. The van der Waals surface area contributed by atoms with E-state index in [9.17, 15) is 27.7 Å². The number of nitrogens with one attached hydrogen (secondary N) is 2. The van der Waals surface area contributed by atoms with Crippen molar-refractivity contribution in [1.29, 1.82) is 5.26 Å². The van der Waals surface area contributed by atoms with Crippen LogP contribution in [-0.4, -0.2) is 37.6 Å². The van der Waals surface area contributed by atoms with Crippen LogP contribution in [0.3, 0.4) is 0 Å². The van der Waals surface area contributed by atoms with Gasteiger partial charge >= 0.3 is 0 Å². The number of hydrogen-bond acceptors (Lipinski definition) is 6. The maximum atomic E-state index is 13.9. The number of rotatable bonds is 7. The Bertz CT molecular complexity index is 2140. The molecule has 0 bridgehead atoms. The third-order valence-electron chi connectivity index (χ3n) is 7.90. The molecule has 1 fully saturated rings. The van der Waals surface area contributed by atoms with E-state index in [1.54, 1.807) is 50.2 Å². The van der Waals surface area contributed by atoms with Crippen molar-refractivity contribution < 1.29 is 22.0 Å². The maximum absolute atomic E-state index is 13.9. The lowest BCUT2D eigenvalue weighted by molar-refractivity contribution is 0.0917. The fraction of sp³-hybridized carbons (Fsp3) is 0.258. The van der Waals surface area contributed by atoms with Crippen molar-refractivity contribution in [3.8, 4) is 17.2 Å². The Morgan fingerprint density at radius 1 is 1.19 bits per heavy atom. The summed E-state index contributed by atoms with van der Waals surface area (Å²) in [6.07, 6.45) is 2.84. The molecule has 3 aromatic carbocycles. The van der Waals surface area contributed by atoms with E-state index >= 15 is 0 Å². The molecule has 1 atom stereocenters. The van der Waals surface area contributed by atoms with Crippen molar-refractivity contribution in [3.05, 3.63) is 76.3 Å². The highest BCUT2D eigenvalue weighted by Crippen LogP contribution is 2.41. The van der Waals surface area contributed by atoms with E-state index < -0.39 is 32.8 Å². The average molecular weight is 587 g/mol. The molecule has 0 saturated heterocycles. The zero-order valence-electron chi connectivity index (χ0n) is 23.1. The van der Waals surface area contributed by atoms with Crippen LogP contribution in [0.15, 0.2) is 63.8 Å². The Hall–Kier alpha value is -4.69. The summed E-state index contributed by atoms with van der Waals surface area (Å²) in [5, 5.41) is 13.7. The number of nitriles is 1. The maximum Gasteiger partial charge on any atom is 0.260 e. The van der Waals surface area contributed by atoms with Gasteiger partial charge in [0.05, 0.1) is 28.9 Å². The second kappa shape index (κ2) is 9.70. The highest BCUT2D eigenvalue weighted by atomic mass is 32.2. The van der Waals surface area contributed by atoms with Crippen molar-refractivity contribution in [1.82, 2.24) is 10.3 Å². The first kappa shape index (κ1) is 27.5. The third-order valence-corrected chi connectivity index (χ3v) is 9.15. The summed E-state index contributed by atoms with van der Waals surface area (Å²) in [4.78, 5) is 29.2. The number of hydrogen-bond donors (Lipinski definition) is 2. The number of anilines is 1. The van der Waals surface area contributed by atoms with Crippen molar-refractivity contribution in [3.63, 3.8) is 0 Å². The van der Waals surface area contributed by atoms with Crippen LogP contribution in [-0.2, 0) is 10.0 Å². The first-order valence-corrected chi connectivity index (χ1v) is 15.3. The fourth-order valence-corrected chi connectivity index (χ4v) is 6.57. The highest BCUT2D eigenvalue weighted by molar-refractivity contribution is 7.92. The quantitative estimate of drug-likeness (QED) is 0.261. The highest BCUT2D eigenvalue weighted by Gasteiger charge is 2.43. The molecule has 1 amide bonds. The molecule has 1 saturated carbocycles. The number of halogens is 1. The van der Waals surface area contributed by atoms with E-state index in [-0.39, 0.29) is 34.5 Å². The Morgan fingerprint density at radius 3 is 2.62 bits per heavy atom. The average Bonchev–Trinajstić information content (AvgIpc) is 3.73. The molecule has 0 radical (unpaired) electrons. The van der Waals surface area contributed by atoms with Crippen molar-refractivity contribution >= 4 is 54.5 Å². The summed E-state index contributed by atoms with van der Waals surface area (Å²) >= 11 is 0. The molecule has 2 N–H and O–H groups in total. The summed E-state index contributed by atoms with van der Waals surface area (Å²) in [6, 6.07) is 16.1. The van der Waals surface area contributed by atoms with Gasteiger partial charge in [-0.3, -0.25) is 13.9 Å². The normalized spacial score (nSPS) is 15.0. The lowest BCUT2D eigenvalue weighted by Gasteiger charge is -2.24. The number of H-pyrrole nitrogens is 1. The number of sulfonamides is 1. The van der Waals surface area contributed by atoms with E-state index in [0.717, 1.165) is 19.1 Å². The lowest BCUT2D eigenvalue weighted by Crippen LogP contribution is -2.46. The fourth-order valence-electron chi connectivity index (χ4n) is 5.59. The molecule has 0 aliphatic heterocycles. The number of furan rings is 1. The minimum Gasteiger partial charge on any atom is -0.455 e. The predicted molar refractivity (Wildman–Crippen MR) is 159 cm³/mol. The number of amides is 1. The number of pyridine rings is 1. The number of aromatic amines is 1. The molecule has 42 heavy (non-hydrogen) atoms. The first-order chi connectivity index (χ1) is 19.9. The third kappa shape index (κ3) is 4.58. The zero-order chi connectivity index (χ0) is 30.0. The molecule has 5 aromatic rings. The van der Waals surface area contributed by atoms with E-state index in [1.807, 2.05) is 0 Å². The van der Waals surface area contributed by atoms with Gasteiger partial charge in [-0.15, -0.1) is 0 Å². The summed E-state index contributed by atoms with van der Waals surface area (Å²) in [5.74, 6) is -0.840. The standard InChI is InChI=1S/C31H27FN4O5S/c1-4-36(42(3,39)40)25-15-26-23(27-28(41-26)21-11-10-20(32)13-24(21)34-30(27)38)14-22(25)17-6-5-7-18(12-17)29(37)35-31(2,16-33)19-8-9-19/h5-7,10-15,19H,4,8-9H2,1-3H3,(H,34,38)(H,35,37). The summed E-state index contributed by atoms with van der Waals surface area (Å²) in [5.41, 5.74) is 0.898. The molecule has 1 aliphatic rings. The molecule has 11 heteroatoms. The molecule has 214 valence electrons. The number of benzene rings is 3. The lowest BCUT2D eigenvalue weighted by atomic mass is 9.96. The van der Waals surface area contributed by atoms with Crippen LogP contribution in [0, 0.1) is 23.1 Å². The largest absolute Gasteiger partial charge is 0.455 e. The Labute approximate surface area is 240 Å². The molecule has 1 unspecified atom stereocenters. The van der Waals surface area contributed by atoms with E-state index in [1.165, 1.54) is 22.5 Å². The molecule has 2 heterocycles. The number of nitrogens with zero attached hydrogens (tertiary/aromatic N) is 2. The predicted octanol–water partition coefficient (Wildman–Crippen LogP) is 5.44. The molecular weight excluding hydrogens is 559 g/mol. The van der Waals surface area contributed by atoms with Gasteiger partial charge in [0.15, 0.2) is 0 Å². The van der Waals surface area contributed by atoms with Crippen LogP contribution in [0.5, 0.6) is 0 Å². The number of aromatic nitrogens is 1. The van der Waals surface area contributed by atoms with E-state index in [2.05, 4.69) is 16.4 Å². The Balaban J connectivity index is 1.58. The van der Waals surface area contributed by atoms with Gasteiger partial charge in [-0.1, -0.05) is 12.1 Å². The smallest absolute Gasteiger partial charge is 0.260 e. The van der Waals surface area contributed by atoms with Gasteiger partial charge in [0, 0.05) is 34.5 Å². The van der Waals surface area contributed by atoms with Gasteiger partial charge in [-0.2, -0.15) is 5.26 Å². The molecule has 2 aromatic heterocycles. The van der Waals surface area contributed by atoms with Crippen LogP contribution >= 0.6 is 0 Å². The van der Waals surface area contributed by atoms with Crippen LogP contribution in [0.1, 0.15) is 37.0 Å². The molecular formula is C31H27FN4O5S. The minimum atomic E-state index is -3.73.